The summed E-state index contributed by atoms with van der Waals surface area (Å²) in [5.74, 6) is -0.951. The van der Waals surface area contributed by atoms with Gasteiger partial charge in [0.1, 0.15) is 6.04 Å². The molecule has 1 fully saturated rings. The van der Waals surface area contributed by atoms with Gasteiger partial charge in [-0.2, -0.15) is 0 Å². The Morgan fingerprint density at radius 1 is 1.56 bits per heavy atom. The van der Waals surface area contributed by atoms with Crippen molar-refractivity contribution in [3.8, 4) is 0 Å². The standard InChI is InChI=1S/C11H17BrN2O4/c1-2-5-18-10(16)6-8-11(17)13-3-4-14(8)9(15)7-12/h8H,2-7H2,1H3,(H,13,17). The van der Waals surface area contributed by atoms with Crippen molar-refractivity contribution in [2.45, 2.75) is 25.8 Å². The first-order valence-electron chi connectivity index (χ1n) is 5.89. The Balaban J connectivity index is 2.64. The van der Waals surface area contributed by atoms with E-state index in [9.17, 15) is 14.4 Å². The van der Waals surface area contributed by atoms with Crippen LogP contribution in [0.15, 0.2) is 0 Å². The summed E-state index contributed by atoms with van der Waals surface area (Å²) in [5.41, 5.74) is 0. The maximum absolute atomic E-state index is 11.7. The molecule has 1 aliphatic heterocycles. The van der Waals surface area contributed by atoms with Gasteiger partial charge in [-0.05, 0) is 6.42 Å². The first-order chi connectivity index (χ1) is 8.60. The average molecular weight is 321 g/mol. The lowest BCUT2D eigenvalue weighted by Crippen LogP contribution is -2.58. The van der Waals surface area contributed by atoms with Crippen molar-refractivity contribution in [1.29, 1.82) is 0 Å². The van der Waals surface area contributed by atoms with E-state index in [0.29, 0.717) is 19.7 Å². The maximum atomic E-state index is 11.7. The van der Waals surface area contributed by atoms with Gasteiger partial charge in [0, 0.05) is 13.1 Å². The molecule has 1 rings (SSSR count). The molecule has 102 valence electrons. The van der Waals surface area contributed by atoms with E-state index in [1.54, 1.807) is 0 Å². The van der Waals surface area contributed by atoms with E-state index in [1.165, 1.54) is 4.90 Å². The summed E-state index contributed by atoms with van der Waals surface area (Å²) < 4.78 is 4.94. The van der Waals surface area contributed by atoms with Crippen molar-refractivity contribution < 1.29 is 19.1 Å². The van der Waals surface area contributed by atoms with E-state index in [-0.39, 0.29) is 23.6 Å². The number of hydrogen-bond acceptors (Lipinski definition) is 4. The summed E-state index contributed by atoms with van der Waals surface area (Å²) in [5, 5.41) is 2.79. The van der Waals surface area contributed by atoms with Gasteiger partial charge in [-0.3, -0.25) is 14.4 Å². The van der Waals surface area contributed by atoms with Crippen LogP contribution in [0.2, 0.25) is 0 Å². The van der Waals surface area contributed by atoms with Gasteiger partial charge in [-0.15, -0.1) is 0 Å². The molecule has 1 unspecified atom stereocenters. The number of halogens is 1. The van der Waals surface area contributed by atoms with Gasteiger partial charge in [-0.1, -0.05) is 22.9 Å². The first-order valence-corrected chi connectivity index (χ1v) is 7.01. The van der Waals surface area contributed by atoms with Gasteiger partial charge >= 0.3 is 5.97 Å². The van der Waals surface area contributed by atoms with E-state index < -0.39 is 12.0 Å². The number of nitrogens with zero attached hydrogens (tertiary/aromatic N) is 1. The number of hydrogen-bond donors (Lipinski definition) is 1. The van der Waals surface area contributed by atoms with Gasteiger partial charge in [0.05, 0.1) is 18.4 Å². The Hall–Kier alpha value is -1.11. The maximum Gasteiger partial charge on any atom is 0.308 e. The topological polar surface area (TPSA) is 75.7 Å². The third-order valence-corrected chi connectivity index (χ3v) is 3.07. The number of alkyl halides is 1. The molecule has 7 heteroatoms. The summed E-state index contributed by atoms with van der Waals surface area (Å²) in [7, 11) is 0. The highest BCUT2D eigenvalue weighted by atomic mass is 79.9. The number of amides is 2. The summed E-state index contributed by atoms with van der Waals surface area (Å²) in [4.78, 5) is 36.3. The molecule has 6 nitrogen and oxygen atoms in total. The molecule has 0 saturated carbocycles. The number of rotatable bonds is 5. The van der Waals surface area contributed by atoms with E-state index in [4.69, 9.17) is 4.74 Å². The highest BCUT2D eigenvalue weighted by molar-refractivity contribution is 9.09. The smallest absolute Gasteiger partial charge is 0.308 e. The van der Waals surface area contributed by atoms with Crippen LogP contribution < -0.4 is 5.32 Å². The minimum Gasteiger partial charge on any atom is -0.466 e. The Morgan fingerprint density at radius 3 is 2.89 bits per heavy atom. The second-order valence-electron chi connectivity index (χ2n) is 3.95. The summed E-state index contributed by atoms with van der Waals surface area (Å²) in [6.07, 6.45) is 0.636. The Kier molecular flexibility index (Phi) is 6.11. The first kappa shape index (κ1) is 14.9. The molecule has 0 bridgehead atoms. The molecule has 1 atom stereocenters. The lowest BCUT2D eigenvalue weighted by Gasteiger charge is -2.34. The van der Waals surface area contributed by atoms with Crippen molar-refractivity contribution in [2.24, 2.45) is 0 Å². The zero-order chi connectivity index (χ0) is 13.5. The fourth-order valence-electron chi connectivity index (χ4n) is 1.73. The summed E-state index contributed by atoms with van der Waals surface area (Å²) >= 11 is 3.07. The molecular formula is C11H17BrN2O4. The molecular weight excluding hydrogens is 304 g/mol. The highest BCUT2D eigenvalue weighted by Crippen LogP contribution is 2.11. The zero-order valence-corrected chi connectivity index (χ0v) is 11.9. The molecule has 0 spiro atoms. The van der Waals surface area contributed by atoms with Crippen molar-refractivity contribution in [1.82, 2.24) is 10.2 Å². The van der Waals surface area contributed by atoms with E-state index in [1.807, 2.05) is 6.92 Å². The van der Waals surface area contributed by atoms with Crippen molar-refractivity contribution in [2.75, 3.05) is 25.0 Å². The molecule has 0 aliphatic carbocycles. The van der Waals surface area contributed by atoms with Crippen LogP contribution in [-0.2, 0) is 19.1 Å². The van der Waals surface area contributed by atoms with E-state index >= 15 is 0 Å². The fourth-order valence-corrected chi connectivity index (χ4v) is 2.05. The van der Waals surface area contributed by atoms with Crippen LogP contribution in [-0.4, -0.2) is 53.8 Å². The van der Waals surface area contributed by atoms with E-state index in [2.05, 4.69) is 21.2 Å². The lowest BCUT2D eigenvalue weighted by atomic mass is 10.1. The van der Waals surface area contributed by atoms with Crippen LogP contribution >= 0.6 is 15.9 Å². The lowest BCUT2D eigenvalue weighted by molar-refractivity contribution is -0.151. The quantitative estimate of drug-likeness (QED) is 0.574. The summed E-state index contributed by atoms with van der Waals surface area (Å²) in [6, 6.07) is -0.756. The molecule has 1 heterocycles. The van der Waals surface area contributed by atoms with Gasteiger partial charge in [0.25, 0.3) is 0 Å². The number of piperazine rings is 1. The second-order valence-corrected chi connectivity index (χ2v) is 4.51. The SMILES string of the molecule is CCCOC(=O)CC1C(=O)NCCN1C(=O)CBr. The molecule has 1 N–H and O–H groups in total. The predicted molar refractivity (Wildman–Crippen MR) is 68.2 cm³/mol. The molecule has 1 aliphatic rings. The predicted octanol–water partition coefficient (Wildman–Crippen LogP) is 0.0516. The minimum absolute atomic E-state index is 0.0927. The average Bonchev–Trinajstić information content (AvgIpc) is 2.37. The van der Waals surface area contributed by atoms with Gasteiger partial charge in [0.2, 0.25) is 11.8 Å². The van der Waals surface area contributed by atoms with E-state index in [0.717, 1.165) is 6.42 Å². The van der Waals surface area contributed by atoms with Crippen LogP contribution in [0.5, 0.6) is 0 Å². The van der Waals surface area contributed by atoms with Gasteiger partial charge in [-0.25, -0.2) is 0 Å². The number of nitrogens with one attached hydrogen (secondary N) is 1. The Labute approximate surface area is 114 Å². The minimum atomic E-state index is -0.756. The van der Waals surface area contributed by atoms with Crippen molar-refractivity contribution in [3.05, 3.63) is 0 Å². The molecule has 2 amide bonds. The normalized spacial score (nSPS) is 19.3. The molecule has 18 heavy (non-hydrogen) atoms. The fraction of sp³-hybridized carbons (Fsp3) is 0.727. The van der Waals surface area contributed by atoms with Crippen LogP contribution in [0, 0.1) is 0 Å². The van der Waals surface area contributed by atoms with Gasteiger partial charge in [0.15, 0.2) is 0 Å². The van der Waals surface area contributed by atoms with Crippen LogP contribution in [0.3, 0.4) is 0 Å². The molecule has 0 aromatic heterocycles. The van der Waals surface area contributed by atoms with Gasteiger partial charge < -0.3 is 15.0 Å². The third kappa shape index (κ3) is 3.97. The monoisotopic (exact) mass is 320 g/mol. The molecule has 1 saturated heterocycles. The Morgan fingerprint density at radius 2 is 2.28 bits per heavy atom. The molecule has 0 radical (unpaired) electrons. The van der Waals surface area contributed by atoms with Crippen molar-refractivity contribution in [3.63, 3.8) is 0 Å². The van der Waals surface area contributed by atoms with Crippen LogP contribution in [0.4, 0.5) is 0 Å². The number of esters is 1. The number of carbonyl (C=O) groups is 3. The number of carbonyl (C=O) groups excluding carboxylic acids is 3. The molecule has 0 aromatic rings. The molecule has 0 aromatic carbocycles. The van der Waals surface area contributed by atoms with Crippen molar-refractivity contribution >= 4 is 33.7 Å². The second kappa shape index (κ2) is 7.35. The van der Waals surface area contributed by atoms with Crippen LogP contribution in [0.25, 0.3) is 0 Å². The summed E-state index contributed by atoms with van der Waals surface area (Å²) in [6.45, 7) is 3.06. The Bertz CT molecular complexity index is 335. The third-order valence-electron chi connectivity index (χ3n) is 2.59. The largest absolute Gasteiger partial charge is 0.466 e. The number of ether oxygens (including phenoxy) is 1. The zero-order valence-electron chi connectivity index (χ0n) is 10.3. The van der Waals surface area contributed by atoms with Crippen LogP contribution in [0.1, 0.15) is 19.8 Å². The highest BCUT2D eigenvalue weighted by Gasteiger charge is 2.34.